The normalized spacial score (nSPS) is 16.6. The van der Waals surface area contributed by atoms with Crippen LogP contribution in [0.15, 0.2) is 24.3 Å². The standard InChI is InChI=1S/C14H13N3O2/c15-7-3-9-17(10-4-8-16)13-11-5-1-2-6-12(11)14(18)19-13/h1-2,5-6,13H,3-4,9-10H2. The molecule has 0 amide bonds. The number of ether oxygens (including phenoxy) is 1. The van der Waals surface area contributed by atoms with Crippen LogP contribution in [0.25, 0.3) is 0 Å². The summed E-state index contributed by atoms with van der Waals surface area (Å²) in [4.78, 5) is 13.6. The highest BCUT2D eigenvalue weighted by atomic mass is 16.6. The van der Waals surface area contributed by atoms with Gasteiger partial charge in [0.15, 0.2) is 6.23 Å². The van der Waals surface area contributed by atoms with Crippen LogP contribution in [0, 0.1) is 22.7 Å². The molecule has 0 saturated heterocycles. The second-order valence-electron chi connectivity index (χ2n) is 4.20. The average molecular weight is 255 g/mol. The van der Waals surface area contributed by atoms with Crippen LogP contribution in [0.5, 0.6) is 0 Å². The van der Waals surface area contributed by atoms with E-state index in [1.807, 2.05) is 17.0 Å². The molecule has 0 aromatic heterocycles. The van der Waals surface area contributed by atoms with Crippen molar-refractivity contribution in [1.82, 2.24) is 4.90 Å². The summed E-state index contributed by atoms with van der Waals surface area (Å²) in [5.74, 6) is -0.348. The zero-order chi connectivity index (χ0) is 13.7. The quantitative estimate of drug-likeness (QED) is 0.752. The van der Waals surface area contributed by atoms with Gasteiger partial charge in [-0.3, -0.25) is 4.90 Å². The Morgan fingerprint density at radius 1 is 1.16 bits per heavy atom. The topological polar surface area (TPSA) is 77.1 Å². The van der Waals surface area contributed by atoms with Crippen molar-refractivity contribution in [3.8, 4) is 12.1 Å². The second-order valence-corrected chi connectivity index (χ2v) is 4.20. The molecule has 1 aromatic rings. The maximum atomic E-state index is 11.7. The van der Waals surface area contributed by atoms with Crippen LogP contribution in [-0.4, -0.2) is 24.0 Å². The van der Waals surface area contributed by atoms with Crippen molar-refractivity contribution in [2.24, 2.45) is 0 Å². The van der Waals surface area contributed by atoms with Gasteiger partial charge in [0.1, 0.15) is 0 Å². The Hall–Kier alpha value is -2.37. The van der Waals surface area contributed by atoms with Gasteiger partial charge < -0.3 is 4.74 Å². The fourth-order valence-electron chi connectivity index (χ4n) is 2.13. The Morgan fingerprint density at radius 2 is 1.79 bits per heavy atom. The molecule has 0 aliphatic carbocycles. The van der Waals surface area contributed by atoms with Crippen LogP contribution >= 0.6 is 0 Å². The summed E-state index contributed by atoms with van der Waals surface area (Å²) in [6.07, 6.45) is 0.189. The third-order valence-electron chi connectivity index (χ3n) is 3.02. The highest BCUT2D eigenvalue weighted by molar-refractivity contribution is 5.93. The molecule has 96 valence electrons. The van der Waals surface area contributed by atoms with Gasteiger partial charge in [-0.15, -0.1) is 0 Å². The number of benzene rings is 1. The number of cyclic esters (lactones) is 1. The number of esters is 1. The van der Waals surface area contributed by atoms with E-state index in [-0.39, 0.29) is 5.97 Å². The first-order valence-electron chi connectivity index (χ1n) is 6.05. The first-order chi connectivity index (χ1) is 9.27. The minimum Gasteiger partial charge on any atom is -0.438 e. The summed E-state index contributed by atoms with van der Waals surface area (Å²) in [5.41, 5.74) is 1.37. The number of rotatable bonds is 5. The molecule has 5 heteroatoms. The van der Waals surface area contributed by atoms with Gasteiger partial charge in [0, 0.05) is 31.5 Å². The summed E-state index contributed by atoms with van der Waals surface area (Å²) in [7, 11) is 0. The zero-order valence-electron chi connectivity index (χ0n) is 10.4. The molecule has 0 saturated carbocycles. The summed E-state index contributed by atoms with van der Waals surface area (Å²) in [6, 6.07) is 11.3. The van der Waals surface area contributed by atoms with E-state index in [0.717, 1.165) is 5.56 Å². The van der Waals surface area contributed by atoms with Gasteiger partial charge in [-0.05, 0) is 6.07 Å². The predicted molar refractivity (Wildman–Crippen MR) is 66.6 cm³/mol. The second kappa shape index (κ2) is 5.99. The number of fused-ring (bicyclic) bond motifs is 1. The van der Waals surface area contributed by atoms with Gasteiger partial charge in [0.05, 0.1) is 17.7 Å². The molecule has 19 heavy (non-hydrogen) atoms. The lowest BCUT2D eigenvalue weighted by atomic mass is 10.1. The highest BCUT2D eigenvalue weighted by Gasteiger charge is 2.34. The molecule has 2 rings (SSSR count). The van der Waals surface area contributed by atoms with E-state index in [9.17, 15) is 4.79 Å². The summed E-state index contributed by atoms with van der Waals surface area (Å²) in [6.45, 7) is 0.953. The van der Waals surface area contributed by atoms with Gasteiger partial charge in [-0.25, -0.2) is 4.79 Å². The summed E-state index contributed by atoms with van der Waals surface area (Å²) >= 11 is 0. The van der Waals surface area contributed by atoms with Crippen molar-refractivity contribution < 1.29 is 9.53 Å². The fourth-order valence-corrected chi connectivity index (χ4v) is 2.13. The molecular formula is C14H13N3O2. The molecule has 0 radical (unpaired) electrons. The molecule has 0 N–H and O–H groups in total. The average Bonchev–Trinajstić information content (AvgIpc) is 2.77. The van der Waals surface area contributed by atoms with Crippen molar-refractivity contribution in [2.75, 3.05) is 13.1 Å². The maximum absolute atomic E-state index is 11.7. The van der Waals surface area contributed by atoms with E-state index in [0.29, 0.717) is 31.5 Å². The number of carbonyl (C=O) groups excluding carboxylic acids is 1. The molecule has 1 heterocycles. The Kier molecular flexibility index (Phi) is 4.12. The SMILES string of the molecule is N#CCCN(CCC#N)C1OC(=O)c2ccccc21. The highest BCUT2D eigenvalue weighted by Crippen LogP contribution is 2.33. The van der Waals surface area contributed by atoms with Crippen LogP contribution in [-0.2, 0) is 4.74 Å². The number of nitriles is 2. The molecule has 1 aliphatic heterocycles. The van der Waals surface area contributed by atoms with Crippen LogP contribution in [0.3, 0.4) is 0 Å². The van der Waals surface area contributed by atoms with Gasteiger partial charge in [-0.2, -0.15) is 10.5 Å². The fraction of sp³-hybridized carbons (Fsp3) is 0.357. The van der Waals surface area contributed by atoms with Gasteiger partial charge >= 0.3 is 5.97 Å². The monoisotopic (exact) mass is 255 g/mol. The minimum absolute atomic E-state index is 0.335. The number of carbonyl (C=O) groups is 1. The maximum Gasteiger partial charge on any atom is 0.340 e. The lowest BCUT2D eigenvalue weighted by Gasteiger charge is -2.26. The third kappa shape index (κ3) is 2.73. The summed E-state index contributed by atoms with van der Waals surface area (Å²) < 4.78 is 5.36. The van der Waals surface area contributed by atoms with Crippen molar-refractivity contribution in [3.05, 3.63) is 35.4 Å². The smallest absolute Gasteiger partial charge is 0.340 e. The molecule has 0 fully saturated rings. The first-order valence-corrected chi connectivity index (χ1v) is 6.05. The lowest BCUT2D eigenvalue weighted by Crippen LogP contribution is -2.30. The van der Waals surface area contributed by atoms with E-state index in [1.165, 1.54) is 0 Å². The van der Waals surface area contributed by atoms with E-state index in [1.54, 1.807) is 12.1 Å². The molecule has 5 nitrogen and oxygen atoms in total. The van der Waals surface area contributed by atoms with Gasteiger partial charge in [0.25, 0.3) is 0 Å². The van der Waals surface area contributed by atoms with Crippen molar-refractivity contribution >= 4 is 5.97 Å². The Morgan fingerprint density at radius 3 is 2.42 bits per heavy atom. The molecule has 1 aromatic carbocycles. The van der Waals surface area contributed by atoms with E-state index in [2.05, 4.69) is 12.1 Å². The van der Waals surface area contributed by atoms with Gasteiger partial charge in [0.2, 0.25) is 0 Å². The van der Waals surface area contributed by atoms with Gasteiger partial charge in [-0.1, -0.05) is 18.2 Å². The Bertz CT molecular complexity index is 539. The first kappa shape index (κ1) is 13.1. The molecule has 1 aliphatic rings. The molecular weight excluding hydrogens is 242 g/mol. The van der Waals surface area contributed by atoms with Crippen LogP contribution in [0.4, 0.5) is 0 Å². The third-order valence-corrected chi connectivity index (χ3v) is 3.02. The zero-order valence-corrected chi connectivity index (χ0v) is 10.4. The van der Waals surface area contributed by atoms with E-state index >= 15 is 0 Å². The van der Waals surface area contributed by atoms with Crippen LogP contribution < -0.4 is 0 Å². The number of nitrogens with zero attached hydrogens (tertiary/aromatic N) is 3. The van der Waals surface area contributed by atoms with Crippen LogP contribution in [0.2, 0.25) is 0 Å². The van der Waals surface area contributed by atoms with Crippen molar-refractivity contribution in [1.29, 1.82) is 10.5 Å². The Labute approximate surface area is 111 Å². The predicted octanol–water partition coefficient (Wildman–Crippen LogP) is 1.98. The lowest BCUT2D eigenvalue weighted by molar-refractivity contribution is -0.0216. The van der Waals surface area contributed by atoms with Crippen LogP contribution in [0.1, 0.15) is 35.0 Å². The minimum atomic E-state index is -0.481. The largest absolute Gasteiger partial charge is 0.438 e. The summed E-state index contributed by atoms with van der Waals surface area (Å²) in [5, 5.41) is 17.4. The Balaban J connectivity index is 2.21. The van der Waals surface area contributed by atoms with E-state index < -0.39 is 6.23 Å². The molecule has 1 atom stereocenters. The number of hydrogen-bond donors (Lipinski definition) is 0. The van der Waals surface area contributed by atoms with Crippen molar-refractivity contribution in [2.45, 2.75) is 19.1 Å². The van der Waals surface area contributed by atoms with Crippen molar-refractivity contribution in [3.63, 3.8) is 0 Å². The molecule has 0 bridgehead atoms. The molecule has 1 unspecified atom stereocenters. The van der Waals surface area contributed by atoms with E-state index in [4.69, 9.17) is 15.3 Å². The number of hydrogen-bond acceptors (Lipinski definition) is 5. The molecule has 0 spiro atoms.